The van der Waals surface area contributed by atoms with Crippen molar-refractivity contribution in [2.45, 2.75) is 13.1 Å². The second-order valence-corrected chi connectivity index (χ2v) is 4.79. The molecule has 0 N–H and O–H groups in total. The van der Waals surface area contributed by atoms with Crippen molar-refractivity contribution in [3.05, 3.63) is 63.7 Å². The first-order valence-corrected chi connectivity index (χ1v) is 7.03. The van der Waals surface area contributed by atoms with E-state index in [0.717, 1.165) is 12.1 Å². The van der Waals surface area contributed by atoms with E-state index in [0.29, 0.717) is 6.07 Å². The Morgan fingerprint density at radius 1 is 1.20 bits per heavy atom. The van der Waals surface area contributed by atoms with Crippen molar-refractivity contribution < 1.29 is 32.4 Å². The lowest BCUT2D eigenvalue weighted by Crippen LogP contribution is -2.08. The van der Waals surface area contributed by atoms with Gasteiger partial charge in [-0.2, -0.15) is 13.2 Å². The van der Waals surface area contributed by atoms with Crippen LogP contribution in [0.4, 0.5) is 18.9 Å². The lowest BCUT2D eigenvalue weighted by molar-refractivity contribution is -0.385. The van der Waals surface area contributed by atoms with Gasteiger partial charge in [-0.05, 0) is 31.2 Å². The fourth-order valence-electron chi connectivity index (χ4n) is 1.97. The summed E-state index contributed by atoms with van der Waals surface area (Å²) < 4.78 is 49.4. The summed E-state index contributed by atoms with van der Waals surface area (Å²) in [5, 5.41) is 10.7. The van der Waals surface area contributed by atoms with E-state index < -0.39 is 34.1 Å². The first kappa shape index (κ1) is 18.2. The average molecular weight is 355 g/mol. The third-order valence-corrected chi connectivity index (χ3v) is 3.05. The maximum absolute atomic E-state index is 13.1. The SMILES string of the molecule is CCOC(=O)c1cccc(Oc2ccc([N+](=O)[O-])cc2C(F)(F)F)c1. The molecular formula is C16H12F3NO5. The van der Waals surface area contributed by atoms with Gasteiger partial charge in [0.25, 0.3) is 5.69 Å². The summed E-state index contributed by atoms with van der Waals surface area (Å²) in [7, 11) is 0. The Morgan fingerprint density at radius 2 is 1.92 bits per heavy atom. The first-order chi connectivity index (χ1) is 11.7. The number of nitro benzene ring substituents is 1. The zero-order chi connectivity index (χ0) is 18.6. The smallest absolute Gasteiger partial charge is 0.420 e. The minimum atomic E-state index is -4.85. The summed E-state index contributed by atoms with van der Waals surface area (Å²) in [6.07, 6.45) is -4.85. The molecule has 0 aliphatic rings. The minimum absolute atomic E-state index is 0.0371. The number of hydrogen-bond donors (Lipinski definition) is 0. The zero-order valence-electron chi connectivity index (χ0n) is 12.9. The van der Waals surface area contributed by atoms with Gasteiger partial charge in [0, 0.05) is 12.1 Å². The number of carbonyl (C=O) groups excluding carboxylic acids is 1. The Bertz CT molecular complexity index is 805. The topological polar surface area (TPSA) is 78.7 Å². The van der Waals surface area contributed by atoms with Gasteiger partial charge in [-0.15, -0.1) is 0 Å². The second kappa shape index (κ2) is 7.20. The molecular weight excluding hydrogens is 343 g/mol. The van der Waals surface area contributed by atoms with E-state index in [9.17, 15) is 28.1 Å². The van der Waals surface area contributed by atoms with E-state index in [4.69, 9.17) is 9.47 Å². The standard InChI is InChI=1S/C16H12F3NO5/c1-2-24-15(21)10-4-3-5-12(8-10)25-14-7-6-11(20(22)23)9-13(14)16(17,18)19/h3-9H,2H2,1H3. The molecule has 0 radical (unpaired) electrons. The maximum Gasteiger partial charge on any atom is 0.420 e. The number of rotatable bonds is 5. The van der Waals surface area contributed by atoms with E-state index >= 15 is 0 Å². The van der Waals surface area contributed by atoms with Crippen LogP contribution >= 0.6 is 0 Å². The van der Waals surface area contributed by atoms with Gasteiger partial charge in [0.1, 0.15) is 17.1 Å². The third kappa shape index (κ3) is 4.46. The number of esters is 1. The maximum atomic E-state index is 13.1. The summed E-state index contributed by atoms with van der Waals surface area (Å²) >= 11 is 0. The highest BCUT2D eigenvalue weighted by atomic mass is 19.4. The number of nitro groups is 1. The summed E-state index contributed by atoms with van der Waals surface area (Å²) in [6.45, 7) is 1.76. The summed E-state index contributed by atoms with van der Waals surface area (Å²) in [5.41, 5.74) is -1.89. The Hall–Kier alpha value is -3.10. The molecule has 0 aromatic heterocycles. The van der Waals surface area contributed by atoms with Crippen LogP contribution < -0.4 is 4.74 Å². The van der Waals surface area contributed by atoms with E-state index in [1.54, 1.807) is 6.92 Å². The summed E-state index contributed by atoms with van der Waals surface area (Å²) in [6, 6.07) is 7.57. The van der Waals surface area contributed by atoms with Crippen molar-refractivity contribution in [2.75, 3.05) is 6.61 Å². The van der Waals surface area contributed by atoms with Crippen molar-refractivity contribution in [1.82, 2.24) is 0 Å². The fraction of sp³-hybridized carbons (Fsp3) is 0.188. The lowest BCUT2D eigenvalue weighted by Gasteiger charge is -2.14. The molecule has 0 heterocycles. The van der Waals surface area contributed by atoms with Crippen LogP contribution in [0.5, 0.6) is 11.5 Å². The number of hydrogen-bond acceptors (Lipinski definition) is 5. The Kier molecular flexibility index (Phi) is 5.26. The number of ether oxygens (including phenoxy) is 2. The van der Waals surface area contributed by atoms with Crippen molar-refractivity contribution in [3.63, 3.8) is 0 Å². The largest absolute Gasteiger partial charge is 0.462 e. The van der Waals surface area contributed by atoms with Gasteiger partial charge < -0.3 is 9.47 Å². The molecule has 2 aromatic carbocycles. The molecule has 0 aliphatic carbocycles. The number of nitrogens with zero attached hydrogens (tertiary/aromatic N) is 1. The molecule has 0 spiro atoms. The Morgan fingerprint density at radius 3 is 2.52 bits per heavy atom. The summed E-state index contributed by atoms with van der Waals surface area (Å²) in [4.78, 5) is 21.4. The minimum Gasteiger partial charge on any atom is -0.462 e. The van der Waals surface area contributed by atoms with Crippen molar-refractivity contribution >= 4 is 11.7 Å². The molecule has 0 saturated carbocycles. The number of halogens is 3. The highest BCUT2D eigenvalue weighted by Gasteiger charge is 2.36. The molecule has 2 rings (SSSR count). The fourth-order valence-corrected chi connectivity index (χ4v) is 1.97. The van der Waals surface area contributed by atoms with Crippen LogP contribution in [-0.4, -0.2) is 17.5 Å². The predicted molar refractivity (Wildman–Crippen MR) is 80.6 cm³/mol. The third-order valence-electron chi connectivity index (χ3n) is 3.05. The van der Waals surface area contributed by atoms with Crippen LogP contribution in [0.2, 0.25) is 0 Å². The average Bonchev–Trinajstić information content (AvgIpc) is 2.54. The predicted octanol–water partition coefficient (Wildman–Crippen LogP) is 4.58. The molecule has 6 nitrogen and oxygen atoms in total. The van der Waals surface area contributed by atoms with E-state index in [1.165, 1.54) is 24.3 Å². The molecule has 0 saturated heterocycles. The monoisotopic (exact) mass is 355 g/mol. The van der Waals surface area contributed by atoms with Gasteiger partial charge in [-0.3, -0.25) is 10.1 Å². The van der Waals surface area contributed by atoms with Crippen LogP contribution in [0.1, 0.15) is 22.8 Å². The molecule has 25 heavy (non-hydrogen) atoms. The Balaban J connectivity index is 2.39. The quantitative estimate of drug-likeness (QED) is 0.445. The molecule has 0 unspecified atom stereocenters. The van der Waals surface area contributed by atoms with Gasteiger partial charge in [-0.1, -0.05) is 6.07 Å². The highest BCUT2D eigenvalue weighted by Crippen LogP contribution is 2.40. The van der Waals surface area contributed by atoms with Crippen LogP contribution in [-0.2, 0) is 10.9 Å². The normalized spacial score (nSPS) is 11.0. The summed E-state index contributed by atoms with van der Waals surface area (Å²) in [5.74, 6) is -1.29. The van der Waals surface area contributed by atoms with E-state index in [2.05, 4.69) is 0 Å². The second-order valence-electron chi connectivity index (χ2n) is 4.79. The molecule has 132 valence electrons. The Labute approximate surface area is 139 Å². The zero-order valence-corrected chi connectivity index (χ0v) is 12.9. The molecule has 0 fully saturated rings. The number of non-ortho nitro benzene ring substituents is 1. The molecule has 2 aromatic rings. The lowest BCUT2D eigenvalue weighted by atomic mass is 10.1. The van der Waals surface area contributed by atoms with Crippen molar-refractivity contribution in [2.24, 2.45) is 0 Å². The van der Waals surface area contributed by atoms with Gasteiger partial charge in [0.05, 0.1) is 17.1 Å². The molecule has 0 aliphatic heterocycles. The van der Waals surface area contributed by atoms with Gasteiger partial charge >= 0.3 is 12.1 Å². The van der Waals surface area contributed by atoms with Crippen LogP contribution in [0, 0.1) is 10.1 Å². The number of carbonyl (C=O) groups is 1. The van der Waals surface area contributed by atoms with Gasteiger partial charge in [0.15, 0.2) is 0 Å². The van der Waals surface area contributed by atoms with Crippen molar-refractivity contribution in [1.29, 1.82) is 0 Å². The molecule has 9 heteroatoms. The highest BCUT2D eigenvalue weighted by molar-refractivity contribution is 5.89. The van der Waals surface area contributed by atoms with Gasteiger partial charge in [-0.25, -0.2) is 4.79 Å². The van der Waals surface area contributed by atoms with E-state index in [-0.39, 0.29) is 17.9 Å². The first-order valence-electron chi connectivity index (χ1n) is 7.03. The van der Waals surface area contributed by atoms with Gasteiger partial charge in [0.2, 0.25) is 0 Å². The molecule has 0 amide bonds. The van der Waals surface area contributed by atoms with Crippen LogP contribution in [0.3, 0.4) is 0 Å². The molecule has 0 atom stereocenters. The van der Waals surface area contributed by atoms with Crippen LogP contribution in [0.25, 0.3) is 0 Å². The van der Waals surface area contributed by atoms with Crippen LogP contribution in [0.15, 0.2) is 42.5 Å². The van der Waals surface area contributed by atoms with Crippen molar-refractivity contribution in [3.8, 4) is 11.5 Å². The van der Waals surface area contributed by atoms with E-state index in [1.807, 2.05) is 0 Å². The number of benzene rings is 2. The molecule has 0 bridgehead atoms. The number of alkyl halides is 3.